The van der Waals surface area contributed by atoms with Crippen molar-refractivity contribution in [1.29, 1.82) is 0 Å². The van der Waals surface area contributed by atoms with Gasteiger partial charge in [0.25, 0.3) is 11.6 Å². The maximum absolute atomic E-state index is 13.3. The van der Waals surface area contributed by atoms with Crippen LogP contribution in [0.5, 0.6) is 11.5 Å². The van der Waals surface area contributed by atoms with Crippen molar-refractivity contribution in [3.63, 3.8) is 0 Å². The first-order valence-electron chi connectivity index (χ1n) is 9.36. The molecule has 32 heavy (non-hydrogen) atoms. The number of non-ortho nitro benzene ring substituents is 1. The minimum atomic E-state index is -2.11. The predicted molar refractivity (Wildman–Crippen MR) is 113 cm³/mol. The highest BCUT2D eigenvalue weighted by atomic mass is 32.2. The van der Waals surface area contributed by atoms with E-state index in [4.69, 9.17) is 4.74 Å². The Balaban J connectivity index is 2.09. The van der Waals surface area contributed by atoms with Crippen LogP contribution in [0.3, 0.4) is 0 Å². The quantitative estimate of drug-likeness (QED) is 0.400. The van der Waals surface area contributed by atoms with Gasteiger partial charge in [-0.2, -0.15) is 0 Å². The van der Waals surface area contributed by atoms with Crippen LogP contribution >= 0.6 is 0 Å². The number of aromatic hydroxyl groups is 2. The topological polar surface area (TPSA) is 147 Å². The maximum Gasteiger partial charge on any atom is 0.418 e. The lowest BCUT2D eigenvalue weighted by molar-refractivity contribution is -0.384. The number of amides is 2. The summed E-state index contributed by atoms with van der Waals surface area (Å²) in [6, 6.07) is 5.88. The highest BCUT2D eigenvalue weighted by Gasteiger charge is 2.39. The van der Waals surface area contributed by atoms with Crippen LogP contribution in [0, 0.1) is 10.1 Å². The first kappa shape index (κ1) is 22.9. The van der Waals surface area contributed by atoms with E-state index >= 15 is 0 Å². The van der Waals surface area contributed by atoms with Gasteiger partial charge in [0.05, 0.1) is 26.7 Å². The molecule has 0 radical (unpaired) electrons. The maximum atomic E-state index is 13.3. The van der Waals surface area contributed by atoms with Crippen LogP contribution in [0.25, 0.3) is 0 Å². The van der Waals surface area contributed by atoms with Gasteiger partial charge in [-0.25, -0.2) is 13.9 Å². The zero-order valence-corrected chi connectivity index (χ0v) is 18.2. The molecule has 0 saturated carbocycles. The number of imide groups is 1. The zero-order chi connectivity index (χ0) is 23.8. The lowest BCUT2D eigenvalue weighted by Crippen LogP contribution is -2.39. The standard InChI is InChI=1S/C21H20N2O8S/c1-21(2,3)31-20(27)22-14(8-11-17(22)26)18-15(24)9-10-16(25)19(18)32(30)13-6-4-12(5-7-13)23(28)29/h4-11,14,24-25H,1-3H3/t14-,32-/m0/s1. The molecule has 0 unspecified atom stereocenters. The fourth-order valence-electron chi connectivity index (χ4n) is 3.08. The Morgan fingerprint density at radius 1 is 1.12 bits per heavy atom. The number of benzene rings is 2. The number of carbonyl (C=O) groups is 2. The minimum Gasteiger partial charge on any atom is -0.508 e. The average molecular weight is 460 g/mol. The number of nitrogens with zero attached hydrogens (tertiary/aromatic N) is 2. The molecule has 2 atom stereocenters. The van der Waals surface area contributed by atoms with Gasteiger partial charge >= 0.3 is 6.09 Å². The lowest BCUT2D eigenvalue weighted by Gasteiger charge is -2.28. The van der Waals surface area contributed by atoms with E-state index < -0.39 is 50.9 Å². The molecule has 2 N–H and O–H groups in total. The Bertz CT molecular complexity index is 1150. The Labute approximate surface area is 185 Å². The minimum absolute atomic E-state index is 0.106. The summed E-state index contributed by atoms with van der Waals surface area (Å²) in [4.78, 5) is 35.9. The Hall–Kier alpha value is -3.73. The van der Waals surface area contributed by atoms with Crippen LogP contribution in [0.15, 0.2) is 58.3 Å². The number of nitro benzene ring substituents is 1. The summed E-state index contributed by atoms with van der Waals surface area (Å²) in [6.07, 6.45) is 1.45. The second-order valence-corrected chi connectivity index (χ2v) is 9.28. The van der Waals surface area contributed by atoms with Crippen molar-refractivity contribution in [3.05, 3.63) is 64.2 Å². The van der Waals surface area contributed by atoms with Crippen LogP contribution in [0.2, 0.25) is 0 Å². The number of hydrogen-bond donors (Lipinski definition) is 2. The van der Waals surface area contributed by atoms with E-state index in [0.717, 1.165) is 35.2 Å². The fraction of sp³-hybridized carbons (Fsp3) is 0.238. The summed E-state index contributed by atoms with van der Waals surface area (Å²) >= 11 is 0. The number of nitro groups is 1. The van der Waals surface area contributed by atoms with E-state index in [1.54, 1.807) is 20.8 Å². The Morgan fingerprint density at radius 2 is 1.72 bits per heavy atom. The van der Waals surface area contributed by atoms with Crippen molar-refractivity contribution in [1.82, 2.24) is 4.90 Å². The van der Waals surface area contributed by atoms with Crippen LogP contribution in [-0.2, 0) is 20.3 Å². The van der Waals surface area contributed by atoms with Gasteiger partial charge in [-0.15, -0.1) is 0 Å². The Kier molecular flexibility index (Phi) is 6.04. The highest BCUT2D eigenvalue weighted by molar-refractivity contribution is 7.85. The van der Waals surface area contributed by atoms with Crippen molar-refractivity contribution >= 4 is 28.5 Å². The van der Waals surface area contributed by atoms with Crippen LogP contribution < -0.4 is 0 Å². The summed E-state index contributed by atoms with van der Waals surface area (Å²) in [5.41, 5.74) is -1.25. The molecule has 0 fully saturated rings. The van der Waals surface area contributed by atoms with Gasteiger partial charge in [0, 0.05) is 28.7 Å². The molecule has 1 aliphatic rings. The third kappa shape index (κ3) is 4.47. The van der Waals surface area contributed by atoms with Crippen LogP contribution in [0.1, 0.15) is 32.4 Å². The molecule has 10 nitrogen and oxygen atoms in total. The summed E-state index contributed by atoms with van der Waals surface area (Å²) in [6.45, 7) is 4.86. The second kappa shape index (κ2) is 8.42. The van der Waals surface area contributed by atoms with E-state index in [1.165, 1.54) is 18.2 Å². The molecule has 0 aromatic heterocycles. The molecule has 0 aliphatic carbocycles. The number of phenolic OH excluding ortho intramolecular Hbond substituents is 2. The van der Waals surface area contributed by atoms with Gasteiger partial charge in [-0.1, -0.05) is 6.08 Å². The van der Waals surface area contributed by atoms with E-state index in [1.807, 2.05) is 0 Å². The molecule has 2 aromatic rings. The molecule has 0 bridgehead atoms. The van der Waals surface area contributed by atoms with E-state index in [-0.39, 0.29) is 21.0 Å². The number of hydrogen-bond acceptors (Lipinski definition) is 8. The molecule has 11 heteroatoms. The monoisotopic (exact) mass is 460 g/mol. The van der Waals surface area contributed by atoms with Crippen molar-refractivity contribution in [2.45, 2.75) is 42.2 Å². The van der Waals surface area contributed by atoms with Gasteiger partial charge in [0.1, 0.15) is 17.1 Å². The first-order valence-corrected chi connectivity index (χ1v) is 10.5. The summed E-state index contributed by atoms with van der Waals surface area (Å²) < 4.78 is 18.6. The summed E-state index contributed by atoms with van der Waals surface area (Å²) in [7, 11) is -2.11. The summed E-state index contributed by atoms with van der Waals surface area (Å²) in [5, 5.41) is 31.9. The SMILES string of the molecule is CC(C)(C)OC(=O)N1C(=O)C=C[C@H]1c1c(O)ccc(O)c1[S@@](=O)c1ccc([N+](=O)[O-])cc1. The fourth-order valence-corrected chi connectivity index (χ4v) is 4.39. The van der Waals surface area contributed by atoms with Crippen LogP contribution in [-0.4, -0.2) is 41.8 Å². The van der Waals surface area contributed by atoms with Gasteiger partial charge in [0.2, 0.25) is 0 Å². The summed E-state index contributed by atoms with van der Waals surface area (Å²) in [5.74, 6) is -1.57. The molecule has 0 spiro atoms. The van der Waals surface area contributed by atoms with Gasteiger partial charge in [-0.3, -0.25) is 14.9 Å². The number of carbonyl (C=O) groups excluding carboxylic acids is 2. The third-order valence-electron chi connectivity index (χ3n) is 4.42. The van der Waals surface area contributed by atoms with Crippen molar-refractivity contribution in [2.24, 2.45) is 0 Å². The van der Waals surface area contributed by atoms with Gasteiger partial charge in [0.15, 0.2) is 0 Å². The zero-order valence-electron chi connectivity index (χ0n) is 17.3. The third-order valence-corrected chi connectivity index (χ3v) is 5.92. The van der Waals surface area contributed by atoms with Crippen molar-refractivity contribution in [3.8, 4) is 11.5 Å². The predicted octanol–water partition coefficient (Wildman–Crippen LogP) is 3.55. The Morgan fingerprint density at radius 3 is 2.28 bits per heavy atom. The first-order chi connectivity index (χ1) is 14.9. The molecule has 3 rings (SSSR count). The van der Waals surface area contributed by atoms with E-state index in [0.29, 0.717) is 0 Å². The van der Waals surface area contributed by atoms with Crippen LogP contribution in [0.4, 0.5) is 10.5 Å². The average Bonchev–Trinajstić information content (AvgIpc) is 3.09. The van der Waals surface area contributed by atoms with E-state index in [9.17, 15) is 34.1 Å². The molecular weight excluding hydrogens is 440 g/mol. The lowest BCUT2D eigenvalue weighted by atomic mass is 10.0. The second-order valence-electron chi connectivity index (χ2n) is 7.86. The molecular formula is C21H20N2O8S. The molecule has 1 heterocycles. The number of ether oxygens (including phenoxy) is 1. The van der Waals surface area contributed by atoms with E-state index in [2.05, 4.69) is 0 Å². The van der Waals surface area contributed by atoms with Crippen molar-refractivity contribution in [2.75, 3.05) is 0 Å². The van der Waals surface area contributed by atoms with Gasteiger partial charge in [-0.05, 0) is 45.0 Å². The molecule has 0 saturated heterocycles. The normalized spacial score (nSPS) is 16.8. The number of phenols is 2. The number of rotatable bonds is 4. The molecule has 2 amide bonds. The molecule has 1 aliphatic heterocycles. The molecule has 2 aromatic carbocycles. The van der Waals surface area contributed by atoms with Crippen molar-refractivity contribution < 1.29 is 33.7 Å². The molecule has 168 valence electrons. The largest absolute Gasteiger partial charge is 0.508 e. The highest BCUT2D eigenvalue weighted by Crippen LogP contribution is 2.43. The smallest absolute Gasteiger partial charge is 0.418 e. The van der Waals surface area contributed by atoms with Gasteiger partial charge < -0.3 is 14.9 Å².